The molecule has 0 aromatic rings. The number of aldehydes is 1. The first-order valence-electron chi connectivity index (χ1n) is 7.87. The lowest BCUT2D eigenvalue weighted by molar-refractivity contribution is -0.253. The normalized spacial score (nSPS) is 32.3. The van der Waals surface area contributed by atoms with Gasteiger partial charge in [0.2, 0.25) is 5.91 Å². The van der Waals surface area contributed by atoms with E-state index in [1.807, 2.05) is 0 Å². The van der Waals surface area contributed by atoms with Crippen LogP contribution in [0.2, 0.25) is 0 Å². The Bertz CT molecular complexity index is 452. The highest BCUT2D eigenvalue weighted by atomic mass is 16.6. The van der Waals surface area contributed by atoms with Crippen LogP contribution in [0.3, 0.4) is 0 Å². The van der Waals surface area contributed by atoms with Crippen molar-refractivity contribution in [3.05, 3.63) is 0 Å². The Labute approximate surface area is 154 Å². The maximum atomic E-state index is 10.7. The maximum absolute atomic E-state index is 10.7. The number of rotatable bonds is 7. The predicted octanol–water partition coefficient (Wildman–Crippen LogP) is -6.46. The molecule has 0 bridgehead atoms. The lowest BCUT2D eigenvalue weighted by Crippen LogP contribution is -2.63. The Kier molecular flexibility index (Phi) is 11.7. The summed E-state index contributed by atoms with van der Waals surface area (Å²) in [7, 11) is 0. The third-order valence-electron chi connectivity index (χ3n) is 3.69. The molecule has 1 fully saturated rings. The molecule has 13 heteroatoms. The van der Waals surface area contributed by atoms with Crippen LogP contribution in [0.5, 0.6) is 0 Å². The number of hydrogen-bond acceptors (Lipinski definition) is 12. The van der Waals surface area contributed by atoms with E-state index >= 15 is 0 Å². The zero-order valence-corrected chi connectivity index (χ0v) is 14.4. The molecule has 0 aromatic carbocycles. The number of ether oxygens (including phenoxy) is 1. The van der Waals surface area contributed by atoms with Crippen molar-refractivity contribution in [2.75, 3.05) is 13.2 Å². The number of amides is 1. The van der Waals surface area contributed by atoms with E-state index in [0.717, 1.165) is 0 Å². The van der Waals surface area contributed by atoms with Crippen molar-refractivity contribution >= 4 is 12.2 Å². The van der Waals surface area contributed by atoms with Gasteiger partial charge in [-0.3, -0.25) is 4.79 Å². The summed E-state index contributed by atoms with van der Waals surface area (Å²) in [6, 6.07) is -1.10. The van der Waals surface area contributed by atoms with E-state index in [1.165, 1.54) is 6.92 Å². The van der Waals surface area contributed by atoms with Crippen LogP contribution in [0.25, 0.3) is 0 Å². The van der Waals surface area contributed by atoms with E-state index in [1.54, 1.807) is 0 Å². The van der Waals surface area contributed by atoms with Crippen LogP contribution in [0, 0.1) is 0 Å². The molecule has 1 aliphatic rings. The second-order valence-corrected chi connectivity index (χ2v) is 5.81. The van der Waals surface area contributed by atoms with Crippen molar-refractivity contribution in [1.82, 2.24) is 5.32 Å². The molecule has 1 amide bonds. The number of hydrogen-bond donors (Lipinski definition) is 10. The first-order valence-corrected chi connectivity index (χ1v) is 7.87. The summed E-state index contributed by atoms with van der Waals surface area (Å²) in [5, 5.41) is 82.9. The quantitative estimate of drug-likeness (QED) is 0.179. The zero-order chi connectivity index (χ0) is 21.3. The molecule has 1 saturated heterocycles. The fraction of sp³-hybridized carbons (Fsp3) is 0.857. The number of carbonyl (C=O) groups is 2. The van der Waals surface area contributed by atoms with Crippen molar-refractivity contribution in [3.8, 4) is 0 Å². The highest BCUT2D eigenvalue weighted by molar-refractivity contribution is 5.73. The van der Waals surface area contributed by atoms with Crippen LogP contribution in [-0.4, -0.2) is 126 Å². The lowest BCUT2D eigenvalue weighted by atomic mass is 9.97. The average molecular weight is 401 g/mol. The van der Waals surface area contributed by atoms with Gasteiger partial charge in [0.15, 0.2) is 12.6 Å². The molecule has 160 valence electrons. The van der Waals surface area contributed by atoms with Gasteiger partial charge in [0.25, 0.3) is 0 Å². The van der Waals surface area contributed by atoms with Crippen LogP contribution in [-0.2, 0) is 14.3 Å². The van der Waals surface area contributed by atoms with Crippen molar-refractivity contribution < 1.29 is 60.3 Å². The summed E-state index contributed by atoms with van der Waals surface area (Å²) in [6.45, 7) is -0.0736. The molecule has 1 aliphatic heterocycles. The highest BCUT2D eigenvalue weighted by Gasteiger charge is 2.43. The molecule has 1 heterocycles. The van der Waals surface area contributed by atoms with Gasteiger partial charge in [0.05, 0.1) is 13.2 Å². The van der Waals surface area contributed by atoms with E-state index in [4.69, 9.17) is 35.4 Å². The van der Waals surface area contributed by atoms with Crippen LogP contribution in [0.15, 0.2) is 0 Å². The number of carbonyl (C=O) groups excluding carboxylic acids is 2. The van der Waals surface area contributed by atoms with Crippen LogP contribution < -0.4 is 5.32 Å². The summed E-state index contributed by atoms with van der Waals surface area (Å²) >= 11 is 0. The summed E-state index contributed by atoms with van der Waals surface area (Å²) in [4.78, 5) is 20.6. The minimum absolute atomic E-state index is 0.0258. The Morgan fingerprint density at radius 1 is 1.07 bits per heavy atom. The second kappa shape index (κ2) is 12.2. The molecule has 0 radical (unpaired) electrons. The van der Waals surface area contributed by atoms with E-state index in [9.17, 15) is 24.9 Å². The van der Waals surface area contributed by atoms with Gasteiger partial charge in [-0.25, -0.2) is 0 Å². The highest BCUT2D eigenvalue weighted by Crippen LogP contribution is 2.19. The molecule has 10 N–H and O–H groups in total. The summed E-state index contributed by atoms with van der Waals surface area (Å²) in [5.74, 6) is -0.462. The van der Waals surface area contributed by atoms with Gasteiger partial charge in [-0.05, 0) is 0 Å². The minimum Gasteiger partial charge on any atom is -0.394 e. The average Bonchev–Trinajstić information content (AvgIpc) is 2.65. The molecule has 0 spiro atoms. The van der Waals surface area contributed by atoms with Gasteiger partial charge in [-0.15, -0.1) is 0 Å². The topological polar surface area (TPSA) is 237 Å². The SMILES string of the molecule is CC(=O)N[C@H]1C(O)O[C@H](CO)[C@@H](O)[C@@H]1O.O=CC(O)C(O)C(O)C(O)CO. The van der Waals surface area contributed by atoms with Gasteiger partial charge in [-0.2, -0.15) is 0 Å². The molecule has 0 aromatic heterocycles. The van der Waals surface area contributed by atoms with Crippen molar-refractivity contribution in [2.24, 2.45) is 0 Å². The first kappa shape index (κ1) is 25.7. The van der Waals surface area contributed by atoms with Gasteiger partial charge in [0.1, 0.15) is 48.8 Å². The van der Waals surface area contributed by atoms with E-state index < -0.39 is 74.2 Å². The lowest BCUT2D eigenvalue weighted by Gasteiger charge is -2.40. The third kappa shape index (κ3) is 7.71. The van der Waals surface area contributed by atoms with Crippen molar-refractivity contribution in [1.29, 1.82) is 0 Å². The van der Waals surface area contributed by atoms with Gasteiger partial charge < -0.3 is 60.8 Å². The Hall–Kier alpha value is -1.26. The molecule has 1 rings (SSSR count). The predicted molar refractivity (Wildman–Crippen MR) is 84.8 cm³/mol. The molecular weight excluding hydrogens is 374 g/mol. The third-order valence-corrected chi connectivity index (χ3v) is 3.69. The maximum Gasteiger partial charge on any atom is 0.217 e. The smallest absolute Gasteiger partial charge is 0.217 e. The molecule has 27 heavy (non-hydrogen) atoms. The Morgan fingerprint density at radius 3 is 2.04 bits per heavy atom. The Balaban J connectivity index is 0.000000516. The Morgan fingerprint density at radius 2 is 1.63 bits per heavy atom. The largest absolute Gasteiger partial charge is 0.394 e. The summed E-state index contributed by atoms with van der Waals surface area (Å²) < 4.78 is 4.81. The monoisotopic (exact) mass is 401 g/mol. The van der Waals surface area contributed by atoms with E-state index in [0.29, 0.717) is 0 Å². The van der Waals surface area contributed by atoms with Crippen molar-refractivity contribution in [3.63, 3.8) is 0 Å². The zero-order valence-electron chi connectivity index (χ0n) is 14.4. The molecule has 0 saturated carbocycles. The second-order valence-electron chi connectivity index (χ2n) is 5.81. The minimum atomic E-state index is -1.79. The fourth-order valence-corrected chi connectivity index (χ4v) is 2.11. The number of aliphatic hydroxyl groups is 9. The molecule has 5 unspecified atom stereocenters. The molecule has 0 aliphatic carbocycles. The van der Waals surface area contributed by atoms with Gasteiger partial charge >= 0.3 is 0 Å². The van der Waals surface area contributed by atoms with E-state index in [2.05, 4.69) is 5.32 Å². The summed E-state index contributed by atoms with van der Waals surface area (Å²) in [6.07, 6.45) is -12.1. The standard InChI is InChI=1S/C8H15NO6.C6H12O6/c1-3(11)9-5-7(13)6(12)4(2-10)15-8(5)14;7-1-3(9)5(11)6(12)4(10)2-8/h4-8,10,12-14H,2H2,1H3,(H,9,11);1,3-6,8-12H,2H2/t4-,5-,6-,7-,8?;/m1./s1. The van der Waals surface area contributed by atoms with E-state index in [-0.39, 0.29) is 6.29 Å². The van der Waals surface area contributed by atoms with Gasteiger partial charge in [0, 0.05) is 6.92 Å². The first-order chi connectivity index (χ1) is 12.5. The fourth-order valence-electron chi connectivity index (χ4n) is 2.11. The van der Waals surface area contributed by atoms with Crippen LogP contribution >= 0.6 is 0 Å². The van der Waals surface area contributed by atoms with Crippen LogP contribution in [0.1, 0.15) is 6.92 Å². The molecular formula is C14H27NO12. The summed E-state index contributed by atoms with van der Waals surface area (Å²) in [5.41, 5.74) is 0. The van der Waals surface area contributed by atoms with Crippen molar-refractivity contribution in [2.45, 2.75) is 62.0 Å². The number of aliphatic hydroxyl groups excluding tert-OH is 9. The van der Waals surface area contributed by atoms with Crippen LogP contribution in [0.4, 0.5) is 0 Å². The molecule has 13 nitrogen and oxygen atoms in total. The molecule has 9 atom stereocenters. The number of nitrogens with one attached hydrogen (secondary N) is 1. The van der Waals surface area contributed by atoms with Gasteiger partial charge in [-0.1, -0.05) is 0 Å².